The summed E-state index contributed by atoms with van der Waals surface area (Å²) in [6, 6.07) is 0. The van der Waals surface area contributed by atoms with Crippen LogP contribution in [-0.4, -0.2) is 30.1 Å². The van der Waals surface area contributed by atoms with Crippen LogP contribution in [0.4, 0.5) is 0 Å². The molecule has 0 spiro atoms. The Morgan fingerprint density at radius 3 is 2.13 bits per heavy atom. The van der Waals surface area contributed by atoms with E-state index in [0.717, 1.165) is 18.4 Å². The summed E-state index contributed by atoms with van der Waals surface area (Å²) in [7, 11) is 0. The van der Waals surface area contributed by atoms with Crippen molar-refractivity contribution < 1.29 is 0 Å². The number of nitrogens with zero attached hydrogens (tertiary/aromatic N) is 1. The van der Waals surface area contributed by atoms with E-state index in [1.807, 2.05) is 0 Å². The summed E-state index contributed by atoms with van der Waals surface area (Å²) < 4.78 is 0. The van der Waals surface area contributed by atoms with Crippen LogP contribution >= 0.6 is 0 Å². The first-order chi connectivity index (χ1) is 7.16. The van der Waals surface area contributed by atoms with Crippen LogP contribution in [0.25, 0.3) is 0 Å². The molecule has 0 aromatic rings. The van der Waals surface area contributed by atoms with Crippen LogP contribution < -0.4 is 5.73 Å². The van der Waals surface area contributed by atoms with Gasteiger partial charge in [-0.05, 0) is 57.0 Å². The molecule has 2 N–H and O–H groups in total. The van der Waals surface area contributed by atoms with Gasteiger partial charge in [0, 0.05) is 12.1 Å². The Balaban J connectivity index is 2.11. The second-order valence-corrected chi connectivity index (χ2v) is 5.98. The normalized spacial score (nSPS) is 43.4. The first-order valence-corrected chi connectivity index (χ1v) is 6.61. The Labute approximate surface area is 94.2 Å². The number of hydrogen-bond acceptors (Lipinski definition) is 2. The second-order valence-electron chi connectivity index (χ2n) is 5.98. The van der Waals surface area contributed by atoms with Crippen LogP contribution in [0, 0.1) is 11.8 Å². The fourth-order valence-corrected chi connectivity index (χ4v) is 3.98. The molecule has 1 saturated heterocycles. The molecule has 2 atom stereocenters. The third-order valence-electron chi connectivity index (χ3n) is 4.42. The molecule has 0 radical (unpaired) electrons. The molecule has 1 saturated carbocycles. The molecule has 1 heterocycles. The molecular formula is C13H26N2. The standard InChI is InChI=1S/C13H26N2/c1-11-7-12(2)9-13(8-11,10-14)15-5-3-4-6-15/h11-12H,3-10,14H2,1-2H3. The SMILES string of the molecule is CC1CC(C)CC(CN)(N2CCCC2)C1. The molecule has 2 heteroatoms. The predicted octanol–water partition coefficient (Wildman–Crippen LogP) is 2.24. The van der Waals surface area contributed by atoms with E-state index < -0.39 is 0 Å². The minimum atomic E-state index is 0.355. The minimum absolute atomic E-state index is 0.355. The first-order valence-electron chi connectivity index (χ1n) is 6.61. The van der Waals surface area contributed by atoms with Gasteiger partial charge in [0.05, 0.1) is 0 Å². The zero-order chi connectivity index (χ0) is 10.9. The topological polar surface area (TPSA) is 29.3 Å². The van der Waals surface area contributed by atoms with Gasteiger partial charge in [0.1, 0.15) is 0 Å². The van der Waals surface area contributed by atoms with Crippen molar-refractivity contribution >= 4 is 0 Å². The van der Waals surface area contributed by atoms with Crippen LogP contribution in [0.15, 0.2) is 0 Å². The molecule has 1 aliphatic carbocycles. The van der Waals surface area contributed by atoms with Gasteiger partial charge in [0.15, 0.2) is 0 Å². The Hall–Kier alpha value is -0.0800. The highest BCUT2D eigenvalue weighted by molar-refractivity contribution is 4.98. The molecule has 2 rings (SSSR count). The van der Waals surface area contributed by atoms with Crippen LogP contribution in [0.3, 0.4) is 0 Å². The lowest BCUT2D eigenvalue weighted by Crippen LogP contribution is -2.56. The summed E-state index contributed by atoms with van der Waals surface area (Å²) in [6.07, 6.45) is 6.81. The lowest BCUT2D eigenvalue weighted by molar-refractivity contribution is 0.0372. The molecule has 0 aromatic carbocycles. The van der Waals surface area contributed by atoms with Gasteiger partial charge in [-0.25, -0.2) is 0 Å². The maximum Gasteiger partial charge on any atom is 0.0336 e. The van der Waals surface area contributed by atoms with Crippen molar-refractivity contribution in [3.05, 3.63) is 0 Å². The van der Waals surface area contributed by atoms with Gasteiger partial charge in [-0.15, -0.1) is 0 Å². The zero-order valence-corrected chi connectivity index (χ0v) is 10.3. The number of likely N-dealkylation sites (tertiary alicyclic amines) is 1. The highest BCUT2D eigenvalue weighted by Gasteiger charge is 2.42. The minimum Gasteiger partial charge on any atom is -0.329 e. The van der Waals surface area contributed by atoms with Crippen molar-refractivity contribution in [2.45, 2.75) is 51.5 Å². The van der Waals surface area contributed by atoms with E-state index in [2.05, 4.69) is 18.7 Å². The first kappa shape index (κ1) is 11.4. The van der Waals surface area contributed by atoms with E-state index in [9.17, 15) is 0 Å². The van der Waals surface area contributed by atoms with Crippen LogP contribution in [-0.2, 0) is 0 Å². The number of rotatable bonds is 2. The largest absolute Gasteiger partial charge is 0.329 e. The molecule has 15 heavy (non-hydrogen) atoms. The summed E-state index contributed by atoms with van der Waals surface area (Å²) >= 11 is 0. The molecule has 2 fully saturated rings. The van der Waals surface area contributed by atoms with Gasteiger partial charge < -0.3 is 5.73 Å². The average molecular weight is 210 g/mol. The Morgan fingerprint density at radius 2 is 1.67 bits per heavy atom. The van der Waals surface area contributed by atoms with Gasteiger partial charge in [-0.3, -0.25) is 4.90 Å². The summed E-state index contributed by atoms with van der Waals surface area (Å²) in [5, 5.41) is 0. The predicted molar refractivity (Wildman–Crippen MR) is 64.8 cm³/mol. The van der Waals surface area contributed by atoms with Crippen molar-refractivity contribution in [3.63, 3.8) is 0 Å². The van der Waals surface area contributed by atoms with Crippen molar-refractivity contribution in [3.8, 4) is 0 Å². The third-order valence-corrected chi connectivity index (χ3v) is 4.42. The molecule has 2 unspecified atom stereocenters. The smallest absolute Gasteiger partial charge is 0.0336 e. The zero-order valence-electron chi connectivity index (χ0n) is 10.3. The highest BCUT2D eigenvalue weighted by atomic mass is 15.2. The maximum atomic E-state index is 6.10. The van der Waals surface area contributed by atoms with Gasteiger partial charge in [0.25, 0.3) is 0 Å². The molecule has 2 aliphatic rings. The van der Waals surface area contributed by atoms with E-state index in [1.54, 1.807) is 0 Å². The van der Waals surface area contributed by atoms with Crippen molar-refractivity contribution in [2.75, 3.05) is 19.6 Å². The maximum absolute atomic E-state index is 6.10. The highest BCUT2D eigenvalue weighted by Crippen LogP contribution is 2.40. The molecular weight excluding hydrogens is 184 g/mol. The van der Waals surface area contributed by atoms with Gasteiger partial charge in [-0.1, -0.05) is 13.8 Å². The van der Waals surface area contributed by atoms with Gasteiger partial charge in [0.2, 0.25) is 0 Å². The lowest BCUT2D eigenvalue weighted by Gasteiger charge is -2.48. The van der Waals surface area contributed by atoms with E-state index in [-0.39, 0.29) is 0 Å². The summed E-state index contributed by atoms with van der Waals surface area (Å²) in [5.41, 5.74) is 6.46. The molecule has 2 nitrogen and oxygen atoms in total. The molecule has 0 amide bonds. The number of nitrogens with two attached hydrogens (primary N) is 1. The van der Waals surface area contributed by atoms with Crippen molar-refractivity contribution in [1.82, 2.24) is 4.90 Å². The van der Waals surface area contributed by atoms with Crippen molar-refractivity contribution in [1.29, 1.82) is 0 Å². The average Bonchev–Trinajstić information content (AvgIpc) is 2.69. The number of hydrogen-bond donors (Lipinski definition) is 1. The quantitative estimate of drug-likeness (QED) is 0.757. The Bertz CT molecular complexity index is 199. The van der Waals surface area contributed by atoms with Gasteiger partial charge >= 0.3 is 0 Å². The fourth-order valence-electron chi connectivity index (χ4n) is 3.98. The summed E-state index contributed by atoms with van der Waals surface area (Å²) in [5.74, 6) is 1.72. The monoisotopic (exact) mass is 210 g/mol. The molecule has 0 aromatic heterocycles. The molecule has 88 valence electrons. The van der Waals surface area contributed by atoms with Crippen molar-refractivity contribution in [2.24, 2.45) is 17.6 Å². The fraction of sp³-hybridized carbons (Fsp3) is 1.00. The summed E-state index contributed by atoms with van der Waals surface area (Å²) in [4.78, 5) is 2.69. The van der Waals surface area contributed by atoms with E-state index in [0.29, 0.717) is 5.54 Å². The van der Waals surface area contributed by atoms with E-state index in [1.165, 1.54) is 45.2 Å². The van der Waals surface area contributed by atoms with E-state index >= 15 is 0 Å². The third kappa shape index (κ3) is 2.21. The Morgan fingerprint density at radius 1 is 1.13 bits per heavy atom. The van der Waals surface area contributed by atoms with Crippen LogP contribution in [0.1, 0.15) is 46.0 Å². The van der Waals surface area contributed by atoms with E-state index in [4.69, 9.17) is 5.73 Å². The van der Waals surface area contributed by atoms with Gasteiger partial charge in [-0.2, -0.15) is 0 Å². The second kappa shape index (κ2) is 4.42. The lowest BCUT2D eigenvalue weighted by atomic mass is 9.71. The molecule has 0 bridgehead atoms. The van der Waals surface area contributed by atoms with Crippen LogP contribution in [0.5, 0.6) is 0 Å². The summed E-state index contributed by atoms with van der Waals surface area (Å²) in [6.45, 7) is 8.24. The molecule has 1 aliphatic heterocycles. The Kier molecular flexibility index (Phi) is 3.36. The van der Waals surface area contributed by atoms with Crippen LogP contribution in [0.2, 0.25) is 0 Å².